The van der Waals surface area contributed by atoms with Gasteiger partial charge in [-0.2, -0.15) is 5.26 Å². The molecule has 1 N–H and O–H groups in total. The number of fused-ring (bicyclic) bond motifs is 1. The molecule has 0 atom stereocenters. The minimum atomic E-state index is -0.504. The van der Waals surface area contributed by atoms with Crippen LogP contribution >= 0.6 is 0 Å². The van der Waals surface area contributed by atoms with Crippen LogP contribution in [0.2, 0.25) is 0 Å². The molecule has 1 aromatic carbocycles. The lowest BCUT2D eigenvalue weighted by Gasteiger charge is -2.17. The predicted octanol–water partition coefficient (Wildman–Crippen LogP) is 3.39. The average molecular weight is 268 g/mol. The van der Waals surface area contributed by atoms with E-state index in [1.807, 2.05) is 26.8 Å². The van der Waals surface area contributed by atoms with Gasteiger partial charge in [0.05, 0.1) is 11.6 Å². The van der Waals surface area contributed by atoms with Crippen LogP contribution in [0.5, 0.6) is 0 Å². The molecule has 1 heterocycles. The summed E-state index contributed by atoms with van der Waals surface area (Å²) in [5.41, 5.74) is 1.86. The predicted molar refractivity (Wildman–Crippen MR) is 77.9 cm³/mol. The Kier molecular flexibility index (Phi) is 3.62. The van der Waals surface area contributed by atoms with Gasteiger partial charge in [-0.05, 0) is 45.0 Å². The third kappa shape index (κ3) is 3.27. The second-order valence-electron chi connectivity index (χ2n) is 5.48. The van der Waals surface area contributed by atoms with E-state index >= 15 is 0 Å². The summed E-state index contributed by atoms with van der Waals surface area (Å²) in [5.74, 6) is -0.386. The van der Waals surface area contributed by atoms with E-state index < -0.39 is 5.60 Å². The lowest BCUT2D eigenvalue weighted by Crippen LogP contribution is -2.22. The normalized spacial score (nSPS) is 11.7. The second kappa shape index (κ2) is 5.22. The minimum Gasteiger partial charge on any atom is -0.457 e. The van der Waals surface area contributed by atoms with Crippen LogP contribution in [-0.2, 0) is 9.53 Å². The van der Waals surface area contributed by atoms with Crippen LogP contribution in [0, 0.1) is 11.3 Å². The molecule has 2 rings (SSSR count). The van der Waals surface area contributed by atoms with Crippen molar-refractivity contribution >= 4 is 22.9 Å². The molecule has 4 nitrogen and oxygen atoms in total. The zero-order valence-corrected chi connectivity index (χ0v) is 11.7. The largest absolute Gasteiger partial charge is 0.457 e. The van der Waals surface area contributed by atoms with E-state index in [0.29, 0.717) is 5.56 Å². The fourth-order valence-corrected chi connectivity index (χ4v) is 1.84. The number of nitriles is 1. The Balaban J connectivity index is 2.26. The van der Waals surface area contributed by atoms with Crippen molar-refractivity contribution < 1.29 is 9.53 Å². The Morgan fingerprint density at radius 3 is 2.80 bits per heavy atom. The first-order valence-electron chi connectivity index (χ1n) is 6.31. The molecule has 20 heavy (non-hydrogen) atoms. The van der Waals surface area contributed by atoms with Gasteiger partial charge in [-0.15, -0.1) is 0 Å². The molecular weight excluding hydrogens is 252 g/mol. The van der Waals surface area contributed by atoms with E-state index in [1.54, 1.807) is 24.4 Å². The van der Waals surface area contributed by atoms with E-state index in [9.17, 15) is 4.79 Å². The molecule has 0 saturated heterocycles. The van der Waals surface area contributed by atoms with Gasteiger partial charge >= 0.3 is 5.97 Å². The SMILES string of the molecule is CC(C)(C)OC(=O)/C=C/c1c[nH]c2ccc(C#N)cc12. The minimum absolute atomic E-state index is 0.386. The molecule has 0 amide bonds. The van der Waals surface area contributed by atoms with Crippen LogP contribution in [0.25, 0.3) is 17.0 Å². The fourth-order valence-electron chi connectivity index (χ4n) is 1.84. The molecule has 0 saturated carbocycles. The number of hydrogen-bond donors (Lipinski definition) is 1. The van der Waals surface area contributed by atoms with Gasteiger partial charge in [-0.25, -0.2) is 4.79 Å². The molecule has 0 aliphatic carbocycles. The van der Waals surface area contributed by atoms with Crippen LogP contribution < -0.4 is 0 Å². The maximum atomic E-state index is 11.6. The number of nitrogens with zero attached hydrogens (tertiary/aromatic N) is 1. The van der Waals surface area contributed by atoms with Gasteiger partial charge in [0.1, 0.15) is 5.60 Å². The van der Waals surface area contributed by atoms with Gasteiger partial charge in [0.2, 0.25) is 0 Å². The maximum absolute atomic E-state index is 11.6. The molecular formula is C16H16N2O2. The Bertz CT molecular complexity index is 712. The number of benzene rings is 1. The highest BCUT2D eigenvalue weighted by Crippen LogP contribution is 2.21. The summed E-state index contributed by atoms with van der Waals surface area (Å²) in [5, 5.41) is 9.83. The number of aromatic nitrogens is 1. The lowest BCUT2D eigenvalue weighted by molar-refractivity contribution is -0.148. The third-order valence-electron chi connectivity index (χ3n) is 2.65. The highest BCUT2D eigenvalue weighted by molar-refractivity contribution is 5.94. The van der Waals surface area contributed by atoms with Crippen molar-refractivity contribution in [2.24, 2.45) is 0 Å². The molecule has 0 aliphatic rings. The van der Waals surface area contributed by atoms with E-state index in [1.165, 1.54) is 6.08 Å². The van der Waals surface area contributed by atoms with E-state index in [2.05, 4.69) is 11.1 Å². The Morgan fingerprint density at radius 1 is 1.40 bits per heavy atom. The van der Waals surface area contributed by atoms with Crippen LogP contribution in [0.3, 0.4) is 0 Å². The van der Waals surface area contributed by atoms with Crippen LogP contribution in [-0.4, -0.2) is 16.6 Å². The molecule has 0 fully saturated rings. The molecule has 0 spiro atoms. The van der Waals surface area contributed by atoms with Crippen molar-refractivity contribution in [3.63, 3.8) is 0 Å². The van der Waals surface area contributed by atoms with Crippen molar-refractivity contribution in [1.29, 1.82) is 5.26 Å². The standard InChI is InChI=1S/C16H16N2O2/c1-16(2,3)20-15(19)7-5-12-10-18-14-6-4-11(9-17)8-13(12)14/h4-8,10,18H,1-3H3/b7-5+. The highest BCUT2D eigenvalue weighted by Gasteiger charge is 2.14. The zero-order chi connectivity index (χ0) is 14.8. The molecule has 0 radical (unpaired) electrons. The topological polar surface area (TPSA) is 65.9 Å². The molecule has 0 unspecified atom stereocenters. The van der Waals surface area contributed by atoms with E-state index in [0.717, 1.165) is 16.5 Å². The number of ether oxygens (including phenoxy) is 1. The van der Waals surface area contributed by atoms with Gasteiger partial charge in [0.15, 0.2) is 0 Å². The number of H-pyrrole nitrogens is 1. The summed E-state index contributed by atoms with van der Waals surface area (Å²) in [6.07, 6.45) is 4.88. The van der Waals surface area contributed by atoms with Gasteiger partial charge in [0, 0.05) is 28.7 Å². The zero-order valence-electron chi connectivity index (χ0n) is 11.7. The number of carbonyl (C=O) groups excluding carboxylic acids is 1. The summed E-state index contributed by atoms with van der Waals surface area (Å²) < 4.78 is 5.20. The first-order valence-corrected chi connectivity index (χ1v) is 6.31. The first kappa shape index (κ1) is 13.9. The van der Waals surface area contributed by atoms with E-state index in [-0.39, 0.29) is 5.97 Å². The number of rotatable bonds is 2. The quantitative estimate of drug-likeness (QED) is 0.670. The Hall–Kier alpha value is -2.54. The molecule has 4 heteroatoms. The summed E-state index contributed by atoms with van der Waals surface area (Å²) in [7, 11) is 0. The van der Waals surface area contributed by atoms with Crippen molar-refractivity contribution in [3.8, 4) is 6.07 Å². The number of nitrogens with one attached hydrogen (secondary N) is 1. The van der Waals surface area contributed by atoms with Crippen molar-refractivity contribution in [2.75, 3.05) is 0 Å². The van der Waals surface area contributed by atoms with Gasteiger partial charge in [-0.1, -0.05) is 0 Å². The van der Waals surface area contributed by atoms with Gasteiger partial charge < -0.3 is 9.72 Å². The lowest BCUT2D eigenvalue weighted by atomic mass is 10.1. The van der Waals surface area contributed by atoms with Crippen molar-refractivity contribution in [1.82, 2.24) is 4.98 Å². The fraction of sp³-hybridized carbons (Fsp3) is 0.250. The second-order valence-corrected chi connectivity index (χ2v) is 5.48. The Morgan fingerprint density at radius 2 is 2.15 bits per heavy atom. The van der Waals surface area contributed by atoms with Crippen LogP contribution in [0.1, 0.15) is 31.9 Å². The first-order chi connectivity index (χ1) is 9.39. The van der Waals surface area contributed by atoms with Gasteiger partial charge in [-0.3, -0.25) is 0 Å². The smallest absolute Gasteiger partial charge is 0.331 e. The molecule has 0 aliphatic heterocycles. The maximum Gasteiger partial charge on any atom is 0.331 e. The van der Waals surface area contributed by atoms with Crippen molar-refractivity contribution in [3.05, 3.63) is 41.6 Å². The average Bonchev–Trinajstić information content (AvgIpc) is 2.76. The molecule has 2 aromatic rings. The summed E-state index contributed by atoms with van der Waals surface area (Å²) in [6, 6.07) is 7.49. The van der Waals surface area contributed by atoms with E-state index in [4.69, 9.17) is 10.00 Å². The van der Waals surface area contributed by atoms with Crippen LogP contribution in [0.4, 0.5) is 0 Å². The Labute approximate surface area is 117 Å². The molecule has 102 valence electrons. The number of hydrogen-bond acceptors (Lipinski definition) is 3. The number of carbonyl (C=O) groups is 1. The highest BCUT2D eigenvalue weighted by atomic mass is 16.6. The molecule has 1 aromatic heterocycles. The molecule has 0 bridgehead atoms. The summed E-state index contributed by atoms with van der Waals surface area (Å²) >= 11 is 0. The summed E-state index contributed by atoms with van der Waals surface area (Å²) in [6.45, 7) is 5.47. The van der Waals surface area contributed by atoms with Gasteiger partial charge in [0.25, 0.3) is 0 Å². The number of aromatic amines is 1. The monoisotopic (exact) mass is 268 g/mol. The number of esters is 1. The van der Waals surface area contributed by atoms with Crippen LogP contribution in [0.15, 0.2) is 30.5 Å². The third-order valence-corrected chi connectivity index (χ3v) is 2.65. The van der Waals surface area contributed by atoms with Crippen molar-refractivity contribution in [2.45, 2.75) is 26.4 Å². The summed E-state index contributed by atoms with van der Waals surface area (Å²) in [4.78, 5) is 14.7.